The number of aromatic nitrogens is 1. The minimum Gasteiger partial charge on any atom is -0.493 e. The maximum atomic E-state index is 5.39. The molecule has 0 amide bonds. The van der Waals surface area contributed by atoms with E-state index in [2.05, 4.69) is 26.9 Å². The van der Waals surface area contributed by atoms with Crippen molar-refractivity contribution in [2.75, 3.05) is 50.2 Å². The van der Waals surface area contributed by atoms with E-state index in [9.17, 15) is 0 Å². The van der Waals surface area contributed by atoms with Gasteiger partial charge in [0.25, 0.3) is 0 Å². The van der Waals surface area contributed by atoms with Crippen LogP contribution in [0.25, 0.3) is 0 Å². The maximum Gasteiger partial charge on any atom is 0.162 e. The summed E-state index contributed by atoms with van der Waals surface area (Å²) in [7, 11) is 3.32. The average molecular weight is 299 g/mol. The molecule has 0 aliphatic carbocycles. The molecule has 0 spiro atoms. The number of piperazine rings is 1. The molecule has 22 heavy (non-hydrogen) atoms. The minimum atomic E-state index is 0.762. The van der Waals surface area contributed by atoms with Crippen molar-refractivity contribution in [1.82, 2.24) is 4.98 Å². The lowest BCUT2D eigenvalue weighted by Crippen LogP contribution is -2.46. The van der Waals surface area contributed by atoms with Crippen LogP contribution in [0.15, 0.2) is 42.6 Å². The van der Waals surface area contributed by atoms with E-state index in [1.807, 2.05) is 30.5 Å². The highest BCUT2D eigenvalue weighted by atomic mass is 16.5. The number of hydrogen-bond donors (Lipinski definition) is 0. The summed E-state index contributed by atoms with van der Waals surface area (Å²) < 4.78 is 10.7. The van der Waals surface area contributed by atoms with Crippen LogP contribution in [-0.2, 0) is 0 Å². The molecular formula is C17H21N3O2. The first-order chi connectivity index (χ1) is 10.8. The van der Waals surface area contributed by atoms with E-state index in [-0.39, 0.29) is 0 Å². The van der Waals surface area contributed by atoms with Gasteiger partial charge in [-0.25, -0.2) is 4.98 Å². The Bertz CT molecular complexity index is 611. The molecule has 5 nitrogen and oxygen atoms in total. The van der Waals surface area contributed by atoms with Crippen LogP contribution < -0.4 is 19.3 Å². The number of nitrogens with zero attached hydrogens (tertiary/aromatic N) is 3. The van der Waals surface area contributed by atoms with Gasteiger partial charge in [-0.1, -0.05) is 6.07 Å². The van der Waals surface area contributed by atoms with Crippen molar-refractivity contribution in [3.8, 4) is 11.5 Å². The Balaban J connectivity index is 1.69. The molecule has 0 radical (unpaired) electrons. The van der Waals surface area contributed by atoms with Gasteiger partial charge in [-0.15, -0.1) is 0 Å². The third-order valence-electron chi connectivity index (χ3n) is 3.99. The highest BCUT2D eigenvalue weighted by molar-refractivity contribution is 5.57. The predicted molar refractivity (Wildman–Crippen MR) is 88.2 cm³/mol. The van der Waals surface area contributed by atoms with Crippen molar-refractivity contribution in [2.45, 2.75) is 0 Å². The summed E-state index contributed by atoms with van der Waals surface area (Å²) in [5.74, 6) is 2.58. The lowest BCUT2D eigenvalue weighted by Gasteiger charge is -2.36. The largest absolute Gasteiger partial charge is 0.493 e. The van der Waals surface area contributed by atoms with E-state index < -0.39 is 0 Å². The summed E-state index contributed by atoms with van der Waals surface area (Å²) in [5, 5.41) is 0. The molecule has 1 aliphatic heterocycles. The molecule has 1 aliphatic rings. The highest BCUT2D eigenvalue weighted by Gasteiger charge is 2.19. The zero-order valence-corrected chi connectivity index (χ0v) is 13.0. The molecular weight excluding hydrogens is 278 g/mol. The molecule has 116 valence electrons. The van der Waals surface area contributed by atoms with Crippen LogP contribution in [0, 0.1) is 0 Å². The fraction of sp³-hybridized carbons (Fsp3) is 0.353. The Hall–Kier alpha value is -2.43. The van der Waals surface area contributed by atoms with Crippen LogP contribution in [0.4, 0.5) is 11.5 Å². The Morgan fingerprint density at radius 3 is 2.23 bits per heavy atom. The summed E-state index contributed by atoms with van der Waals surface area (Å²) in [6, 6.07) is 12.1. The highest BCUT2D eigenvalue weighted by Crippen LogP contribution is 2.32. The molecule has 0 unspecified atom stereocenters. The van der Waals surface area contributed by atoms with Crippen LogP contribution >= 0.6 is 0 Å². The number of rotatable bonds is 4. The van der Waals surface area contributed by atoms with Crippen LogP contribution in [0.3, 0.4) is 0 Å². The minimum absolute atomic E-state index is 0.762. The van der Waals surface area contributed by atoms with E-state index >= 15 is 0 Å². The molecule has 1 saturated heterocycles. The summed E-state index contributed by atoms with van der Waals surface area (Å²) >= 11 is 0. The first-order valence-corrected chi connectivity index (χ1v) is 7.45. The lowest BCUT2D eigenvalue weighted by atomic mass is 10.2. The second kappa shape index (κ2) is 6.56. The van der Waals surface area contributed by atoms with E-state index in [1.165, 1.54) is 5.69 Å². The Labute approximate surface area is 131 Å². The molecule has 0 bridgehead atoms. The van der Waals surface area contributed by atoms with Crippen LogP contribution in [0.1, 0.15) is 0 Å². The molecule has 2 heterocycles. The number of methoxy groups -OCH3 is 2. The first-order valence-electron chi connectivity index (χ1n) is 7.45. The van der Waals surface area contributed by atoms with Gasteiger partial charge in [0.1, 0.15) is 5.82 Å². The van der Waals surface area contributed by atoms with Crippen molar-refractivity contribution in [2.24, 2.45) is 0 Å². The second-order valence-corrected chi connectivity index (χ2v) is 5.20. The van der Waals surface area contributed by atoms with E-state index in [4.69, 9.17) is 9.47 Å². The van der Waals surface area contributed by atoms with Gasteiger partial charge in [0, 0.05) is 44.1 Å². The smallest absolute Gasteiger partial charge is 0.162 e. The number of benzene rings is 1. The average Bonchev–Trinajstić information content (AvgIpc) is 2.62. The fourth-order valence-corrected chi connectivity index (χ4v) is 2.76. The third-order valence-corrected chi connectivity index (χ3v) is 3.99. The molecule has 0 saturated carbocycles. The fourth-order valence-electron chi connectivity index (χ4n) is 2.76. The van der Waals surface area contributed by atoms with Crippen LogP contribution in [0.5, 0.6) is 11.5 Å². The molecule has 3 rings (SSSR count). The lowest BCUT2D eigenvalue weighted by molar-refractivity contribution is 0.355. The maximum absolute atomic E-state index is 5.39. The van der Waals surface area contributed by atoms with Gasteiger partial charge in [-0.3, -0.25) is 0 Å². The van der Waals surface area contributed by atoms with Crippen LogP contribution in [-0.4, -0.2) is 45.4 Å². The topological polar surface area (TPSA) is 37.8 Å². The summed E-state index contributed by atoms with van der Waals surface area (Å²) in [6.45, 7) is 3.86. The standard InChI is InChI=1S/C17H21N3O2/c1-21-15-7-6-14(13-16(15)22-2)19-9-11-20(12-10-19)17-5-3-4-8-18-17/h3-8,13H,9-12H2,1-2H3. The van der Waals surface area contributed by atoms with Gasteiger partial charge in [-0.2, -0.15) is 0 Å². The normalized spacial score (nSPS) is 14.8. The Morgan fingerprint density at radius 2 is 1.59 bits per heavy atom. The number of ether oxygens (including phenoxy) is 2. The van der Waals surface area contributed by atoms with Crippen molar-refractivity contribution < 1.29 is 9.47 Å². The summed E-state index contributed by atoms with van der Waals surface area (Å²) in [5.41, 5.74) is 1.17. The van der Waals surface area contributed by atoms with Crippen molar-refractivity contribution in [1.29, 1.82) is 0 Å². The van der Waals surface area contributed by atoms with Gasteiger partial charge < -0.3 is 19.3 Å². The first kappa shape index (κ1) is 14.5. The van der Waals surface area contributed by atoms with Gasteiger partial charge in [0.15, 0.2) is 11.5 Å². The monoisotopic (exact) mass is 299 g/mol. The van der Waals surface area contributed by atoms with Gasteiger partial charge in [-0.05, 0) is 24.3 Å². The van der Waals surface area contributed by atoms with Crippen molar-refractivity contribution in [3.05, 3.63) is 42.6 Å². The molecule has 0 atom stereocenters. The molecule has 5 heteroatoms. The third kappa shape index (κ3) is 2.93. The van der Waals surface area contributed by atoms with Crippen molar-refractivity contribution in [3.63, 3.8) is 0 Å². The molecule has 1 aromatic heterocycles. The molecule has 1 fully saturated rings. The number of pyridine rings is 1. The Kier molecular flexibility index (Phi) is 4.32. The molecule has 2 aromatic rings. The van der Waals surface area contributed by atoms with Crippen molar-refractivity contribution >= 4 is 11.5 Å². The molecule has 0 N–H and O–H groups in total. The van der Waals surface area contributed by atoms with Gasteiger partial charge in [0.2, 0.25) is 0 Å². The van der Waals surface area contributed by atoms with Gasteiger partial charge in [0.05, 0.1) is 14.2 Å². The molecule has 1 aromatic carbocycles. The Morgan fingerprint density at radius 1 is 0.864 bits per heavy atom. The number of anilines is 2. The SMILES string of the molecule is COc1ccc(N2CCN(c3ccccn3)CC2)cc1OC. The quantitative estimate of drug-likeness (QED) is 0.867. The zero-order valence-electron chi connectivity index (χ0n) is 13.0. The van der Waals surface area contributed by atoms with E-state index in [0.717, 1.165) is 43.5 Å². The van der Waals surface area contributed by atoms with E-state index in [1.54, 1.807) is 14.2 Å². The van der Waals surface area contributed by atoms with Crippen LogP contribution in [0.2, 0.25) is 0 Å². The predicted octanol–water partition coefficient (Wildman–Crippen LogP) is 2.43. The zero-order chi connectivity index (χ0) is 15.4. The number of hydrogen-bond acceptors (Lipinski definition) is 5. The summed E-state index contributed by atoms with van der Waals surface area (Å²) in [6.07, 6.45) is 1.84. The van der Waals surface area contributed by atoms with Gasteiger partial charge >= 0.3 is 0 Å². The second-order valence-electron chi connectivity index (χ2n) is 5.20. The van der Waals surface area contributed by atoms with E-state index in [0.29, 0.717) is 0 Å². The summed E-state index contributed by atoms with van der Waals surface area (Å²) in [4.78, 5) is 9.10.